The van der Waals surface area contributed by atoms with E-state index in [2.05, 4.69) is 4.98 Å². The minimum atomic E-state index is -1.19. The largest absolute Gasteiger partial charge is 0.478 e. The van der Waals surface area contributed by atoms with Crippen LogP contribution in [0.3, 0.4) is 0 Å². The Bertz CT molecular complexity index is 764. The van der Waals surface area contributed by atoms with E-state index in [0.29, 0.717) is 24.3 Å². The molecule has 0 unspecified atom stereocenters. The molecule has 23 heavy (non-hydrogen) atoms. The number of amides is 1. The number of aromatic nitrogens is 1. The van der Waals surface area contributed by atoms with Crippen LogP contribution in [0.15, 0.2) is 36.4 Å². The van der Waals surface area contributed by atoms with E-state index in [1.807, 2.05) is 30.3 Å². The summed E-state index contributed by atoms with van der Waals surface area (Å²) in [7, 11) is 0. The molecule has 2 aromatic rings. The zero-order valence-corrected chi connectivity index (χ0v) is 12.8. The molecule has 1 aliphatic rings. The Kier molecular flexibility index (Phi) is 4.16. The maximum atomic E-state index is 12.2. The van der Waals surface area contributed by atoms with Gasteiger partial charge in [-0.15, -0.1) is 0 Å². The van der Waals surface area contributed by atoms with E-state index in [9.17, 15) is 9.59 Å². The number of aromatic carboxylic acids is 1. The second-order valence-corrected chi connectivity index (χ2v) is 5.40. The second kappa shape index (κ2) is 6.26. The number of halogens is 1. The number of hydrogen-bond donors (Lipinski definition) is 1. The zero-order chi connectivity index (χ0) is 16.4. The van der Waals surface area contributed by atoms with Crippen LogP contribution in [0.1, 0.15) is 21.6 Å². The molecule has 0 saturated carbocycles. The predicted molar refractivity (Wildman–Crippen MR) is 83.9 cm³/mol. The summed E-state index contributed by atoms with van der Waals surface area (Å²) < 4.78 is 5.28. The Hall–Kier alpha value is -2.60. The molecule has 1 N–H and O–H groups in total. The lowest BCUT2D eigenvalue weighted by Gasteiger charge is -2.17. The minimum absolute atomic E-state index is 0.0734. The van der Waals surface area contributed by atoms with E-state index in [0.717, 1.165) is 5.56 Å². The van der Waals surface area contributed by atoms with E-state index in [1.165, 1.54) is 11.0 Å². The van der Waals surface area contributed by atoms with Crippen LogP contribution < -0.4 is 4.90 Å². The van der Waals surface area contributed by atoms with Gasteiger partial charge in [0.05, 0.1) is 16.9 Å². The van der Waals surface area contributed by atoms with Crippen molar-refractivity contribution in [1.29, 1.82) is 0 Å². The van der Waals surface area contributed by atoms with E-state index in [4.69, 9.17) is 21.4 Å². The van der Waals surface area contributed by atoms with Crippen molar-refractivity contribution in [2.45, 2.75) is 13.0 Å². The van der Waals surface area contributed by atoms with Crippen LogP contribution in [0.2, 0.25) is 5.15 Å². The number of nitrogens with zero attached hydrogens (tertiary/aromatic N) is 2. The predicted octanol–water partition coefficient (Wildman–Crippen LogP) is 3.13. The lowest BCUT2D eigenvalue weighted by Crippen LogP contribution is -2.29. The fourth-order valence-electron chi connectivity index (χ4n) is 2.41. The van der Waals surface area contributed by atoms with Gasteiger partial charge in [0, 0.05) is 13.0 Å². The van der Waals surface area contributed by atoms with Crippen molar-refractivity contribution >= 4 is 29.4 Å². The quantitative estimate of drug-likeness (QED) is 0.873. The van der Waals surface area contributed by atoms with Crippen LogP contribution in [0.4, 0.5) is 10.5 Å². The van der Waals surface area contributed by atoms with Crippen molar-refractivity contribution < 1.29 is 19.4 Å². The van der Waals surface area contributed by atoms with Gasteiger partial charge in [-0.1, -0.05) is 41.9 Å². The third-order valence-electron chi connectivity index (χ3n) is 3.55. The molecule has 3 rings (SSSR count). The van der Waals surface area contributed by atoms with Gasteiger partial charge in [-0.2, -0.15) is 0 Å². The van der Waals surface area contributed by atoms with Crippen LogP contribution in [-0.4, -0.2) is 28.7 Å². The maximum Gasteiger partial charge on any atom is 0.414 e. The Labute approximate surface area is 137 Å². The van der Waals surface area contributed by atoms with E-state index in [1.54, 1.807) is 0 Å². The molecule has 6 nitrogen and oxygen atoms in total. The molecule has 1 amide bonds. The smallest absolute Gasteiger partial charge is 0.414 e. The van der Waals surface area contributed by atoms with Gasteiger partial charge < -0.3 is 9.84 Å². The first-order chi connectivity index (χ1) is 11.1. The van der Waals surface area contributed by atoms with Crippen LogP contribution in [-0.2, 0) is 17.8 Å². The Balaban J connectivity index is 1.77. The number of carbonyl (C=O) groups is 2. The van der Waals surface area contributed by atoms with Crippen molar-refractivity contribution in [3.8, 4) is 0 Å². The summed E-state index contributed by atoms with van der Waals surface area (Å²) in [6.45, 7) is 0.535. The highest BCUT2D eigenvalue weighted by molar-refractivity contribution is 6.32. The van der Waals surface area contributed by atoms with Crippen molar-refractivity contribution in [2.24, 2.45) is 0 Å². The molecule has 0 bridgehead atoms. The lowest BCUT2D eigenvalue weighted by molar-refractivity contribution is 0.0696. The Morgan fingerprint density at radius 1 is 1.30 bits per heavy atom. The standard InChI is InChI=1S/C16H13ClN2O4/c17-14-11(15(20)21)8-13-12(18-14)6-7-19(13)16(22)23-9-10-4-2-1-3-5-10/h1-5,8H,6-7,9H2,(H,20,21). The third kappa shape index (κ3) is 3.12. The molecule has 0 aliphatic carbocycles. The minimum Gasteiger partial charge on any atom is -0.478 e. The van der Waals surface area contributed by atoms with Gasteiger partial charge in [-0.3, -0.25) is 4.90 Å². The molecule has 0 fully saturated rings. The fraction of sp³-hybridized carbons (Fsp3) is 0.188. The molecular weight excluding hydrogens is 320 g/mol. The topological polar surface area (TPSA) is 79.7 Å². The zero-order valence-electron chi connectivity index (χ0n) is 12.0. The van der Waals surface area contributed by atoms with E-state index in [-0.39, 0.29) is 17.3 Å². The van der Waals surface area contributed by atoms with Gasteiger partial charge in [-0.25, -0.2) is 14.6 Å². The molecule has 1 aromatic heterocycles. The van der Waals surface area contributed by atoms with Crippen molar-refractivity contribution in [2.75, 3.05) is 11.4 Å². The summed E-state index contributed by atoms with van der Waals surface area (Å²) in [5.74, 6) is -1.19. The van der Waals surface area contributed by atoms with E-state index >= 15 is 0 Å². The first-order valence-corrected chi connectivity index (χ1v) is 7.35. The summed E-state index contributed by atoms with van der Waals surface area (Å²) in [5.41, 5.74) is 1.77. The molecule has 0 atom stereocenters. The molecule has 2 heterocycles. The summed E-state index contributed by atoms with van der Waals surface area (Å²) in [5, 5.41) is 9.04. The Morgan fingerprint density at radius 3 is 2.74 bits per heavy atom. The molecule has 0 radical (unpaired) electrons. The number of carboxylic acid groups (broad SMARTS) is 1. The van der Waals surface area contributed by atoms with Gasteiger partial charge in [0.2, 0.25) is 0 Å². The SMILES string of the molecule is O=C(O)c1cc2c(nc1Cl)CCN2C(=O)OCc1ccccc1. The number of rotatable bonds is 3. The number of anilines is 1. The normalized spacial score (nSPS) is 12.8. The first-order valence-electron chi connectivity index (χ1n) is 6.97. The molecule has 1 aromatic carbocycles. The van der Waals surface area contributed by atoms with Crippen molar-refractivity contribution in [1.82, 2.24) is 4.98 Å². The highest BCUT2D eigenvalue weighted by atomic mass is 35.5. The monoisotopic (exact) mass is 332 g/mol. The summed E-state index contributed by atoms with van der Waals surface area (Å²) in [6, 6.07) is 10.7. The molecule has 7 heteroatoms. The highest BCUT2D eigenvalue weighted by Crippen LogP contribution is 2.31. The number of hydrogen-bond acceptors (Lipinski definition) is 4. The van der Waals surface area contributed by atoms with Crippen LogP contribution in [0, 0.1) is 0 Å². The average molecular weight is 333 g/mol. The number of carbonyl (C=O) groups excluding carboxylic acids is 1. The van der Waals surface area contributed by atoms with Gasteiger partial charge in [-0.05, 0) is 11.6 Å². The second-order valence-electron chi connectivity index (χ2n) is 5.04. The maximum absolute atomic E-state index is 12.2. The van der Waals surface area contributed by atoms with Crippen molar-refractivity contribution in [3.63, 3.8) is 0 Å². The van der Waals surface area contributed by atoms with Gasteiger partial charge in [0.25, 0.3) is 0 Å². The number of benzene rings is 1. The number of pyridine rings is 1. The molecule has 1 aliphatic heterocycles. The number of fused-ring (bicyclic) bond motifs is 1. The molecule has 0 saturated heterocycles. The Morgan fingerprint density at radius 2 is 2.04 bits per heavy atom. The van der Waals surface area contributed by atoms with Crippen molar-refractivity contribution in [3.05, 3.63) is 58.4 Å². The van der Waals surface area contributed by atoms with E-state index < -0.39 is 12.1 Å². The fourth-order valence-corrected chi connectivity index (χ4v) is 2.65. The highest BCUT2D eigenvalue weighted by Gasteiger charge is 2.29. The van der Waals surface area contributed by atoms with Crippen LogP contribution >= 0.6 is 11.6 Å². The summed E-state index contributed by atoms with van der Waals surface area (Å²) in [4.78, 5) is 28.8. The van der Waals surface area contributed by atoms with Crippen LogP contribution in [0.25, 0.3) is 0 Å². The number of carboxylic acids is 1. The van der Waals surface area contributed by atoms with Gasteiger partial charge >= 0.3 is 12.1 Å². The average Bonchev–Trinajstić information content (AvgIpc) is 2.95. The first kappa shape index (κ1) is 15.3. The molecule has 0 spiro atoms. The molecule has 118 valence electrons. The summed E-state index contributed by atoms with van der Waals surface area (Å²) in [6.07, 6.45) is -0.0249. The summed E-state index contributed by atoms with van der Waals surface area (Å²) >= 11 is 5.84. The van der Waals surface area contributed by atoms with Gasteiger partial charge in [0.1, 0.15) is 11.8 Å². The van der Waals surface area contributed by atoms with Gasteiger partial charge in [0.15, 0.2) is 0 Å². The number of ether oxygens (including phenoxy) is 1. The molecular formula is C16H13ClN2O4. The third-order valence-corrected chi connectivity index (χ3v) is 3.84. The lowest BCUT2D eigenvalue weighted by atomic mass is 10.2. The van der Waals surface area contributed by atoms with Crippen LogP contribution in [0.5, 0.6) is 0 Å².